The van der Waals surface area contributed by atoms with Crippen LogP contribution in [0, 0.1) is 23.7 Å². The second kappa shape index (κ2) is 10.3. The van der Waals surface area contributed by atoms with Crippen LogP contribution in [0.15, 0.2) is 12.3 Å². The molecule has 2 aliphatic rings. The largest absolute Gasteiger partial charge is 0.495 e. The van der Waals surface area contributed by atoms with Crippen molar-refractivity contribution in [3.63, 3.8) is 0 Å². The molecule has 0 atom stereocenters. The molecule has 0 spiro atoms. The highest BCUT2D eigenvalue weighted by atomic mass is 19.3. The Labute approximate surface area is 140 Å². The van der Waals surface area contributed by atoms with Crippen molar-refractivity contribution in [1.82, 2.24) is 0 Å². The van der Waals surface area contributed by atoms with E-state index >= 15 is 0 Å². The van der Waals surface area contributed by atoms with E-state index in [2.05, 4.69) is 6.92 Å². The smallest absolute Gasteiger partial charge is 0.304 e. The van der Waals surface area contributed by atoms with Crippen molar-refractivity contribution in [2.75, 3.05) is 6.61 Å². The molecule has 0 N–H and O–H groups in total. The first-order chi connectivity index (χ1) is 11.2. The second-order valence-electron chi connectivity index (χ2n) is 7.80. The molecule has 0 aromatic heterocycles. The van der Waals surface area contributed by atoms with Crippen LogP contribution in [0.5, 0.6) is 0 Å². The molecule has 134 valence electrons. The summed E-state index contributed by atoms with van der Waals surface area (Å²) < 4.78 is 28.9. The molecule has 0 aromatic rings. The topological polar surface area (TPSA) is 9.23 Å². The van der Waals surface area contributed by atoms with Gasteiger partial charge >= 0.3 is 6.08 Å². The lowest BCUT2D eigenvalue weighted by Gasteiger charge is -2.37. The summed E-state index contributed by atoms with van der Waals surface area (Å²) in [4.78, 5) is 0. The zero-order valence-electron chi connectivity index (χ0n) is 14.7. The average Bonchev–Trinajstić information content (AvgIpc) is 2.56. The van der Waals surface area contributed by atoms with Gasteiger partial charge in [-0.25, -0.2) is 0 Å². The van der Waals surface area contributed by atoms with Gasteiger partial charge in [0.2, 0.25) is 0 Å². The SMILES string of the molecule is CCCCCC1CCC(C2CCC(COC=C(F)F)CC2)CC1. The minimum atomic E-state index is -1.73. The maximum atomic E-state index is 12.0. The summed E-state index contributed by atoms with van der Waals surface area (Å²) in [7, 11) is 0. The van der Waals surface area contributed by atoms with Gasteiger partial charge in [0.15, 0.2) is 0 Å². The first-order valence-corrected chi connectivity index (χ1v) is 9.81. The van der Waals surface area contributed by atoms with E-state index < -0.39 is 6.08 Å². The summed E-state index contributed by atoms with van der Waals surface area (Å²) in [6, 6.07) is 0. The molecule has 2 saturated carbocycles. The predicted molar refractivity (Wildman–Crippen MR) is 91.3 cm³/mol. The second-order valence-corrected chi connectivity index (χ2v) is 7.80. The third-order valence-corrected chi connectivity index (χ3v) is 6.17. The third kappa shape index (κ3) is 6.81. The van der Waals surface area contributed by atoms with E-state index in [4.69, 9.17) is 4.74 Å². The van der Waals surface area contributed by atoms with Crippen molar-refractivity contribution in [1.29, 1.82) is 0 Å². The van der Waals surface area contributed by atoms with Crippen LogP contribution in [0.2, 0.25) is 0 Å². The maximum Gasteiger partial charge on any atom is 0.304 e. The molecule has 2 fully saturated rings. The lowest BCUT2D eigenvalue weighted by atomic mass is 9.69. The Balaban J connectivity index is 1.60. The zero-order chi connectivity index (χ0) is 16.5. The molecular weight excluding hydrogens is 294 g/mol. The highest BCUT2D eigenvalue weighted by Crippen LogP contribution is 2.42. The summed E-state index contributed by atoms with van der Waals surface area (Å²) in [5, 5.41) is 0. The Hall–Kier alpha value is -0.600. The number of ether oxygens (including phenoxy) is 1. The first kappa shape index (κ1) is 18.7. The van der Waals surface area contributed by atoms with E-state index in [0.29, 0.717) is 18.8 Å². The molecule has 0 unspecified atom stereocenters. The number of halogens is 2. The van der Waals surface area contributed by atoms with E-state index in [0.717, 1.165) is 30.6 Å². The maximum absolute atomic E-state index is 12.0. The Bertz CT molecular complexity index is 336. The minimum absolute atomic E-state index is 0.466. The molecule has 0 amide bonds. The minimum Gasteiger partial charge on any atom is -0.495 e. The fourth-order valence-corrected chi connectivity index (χ4v) is 4.70. The van der Waals surface area contributed by atoms with Gasteiger partial charge in [-0.05, 0) is 62.2 Å². The molecule has 23 heavy (non-hydrogen) atoms. The predicted octanol–water partition coefficient (Wildman–Crippen LogP) is 6.93. The van der Waals surface area contributed by atoms with Gasteiger partial charge in [-0.3, -0.25) is 0 Å². The Morgan fingerprint density at radius 2 is 1.43 bits per heavy atom. The standard InChI is InChI=1S/C20H34F2O/c1-2-3-4-5-16-6-10-18(11-7-16)19-12-8-17(9-13-19)14-23-15-20(21)22/h15-19H,2-14H2,1H3. The van der Waals surface area contributed by atoms with Crippen LogP contribution in [-0.2, 0) is 4.74 Å². The fourth-order valence-electron chi connectivity index (χ4n) is 4.70. The first-order valence-electron chi connectivity index (χ1n) is 9.81. The molecule has 3 heteroatoms. The molecule has 2 rings (SSSR count). The summed E-state index contributed by atoms with van der Waals surface area (Å²) in [5.41, 5.74) is 0. The van der Waals surface area contributed by atoms with Crippen molar-refractivity contribution in [3.05, 3.63) is 12.3 Å². The molecule has 0 radical (unpaired) electrons. The monoisotopic (exact) mass is 328 g/mol. The molecule has 0 saturated heterocycles. The van der Waals surface area contributed by atoms with Crippen molar-refractivity contribution in [3.8, 4) is 0 Å². The van der Waals surface area contributed by atoms with Crippen LogP contribution in [0.25, 0.3) is 0 Å². The average molecular weight is 328 g/mol. The fraction of sp³-hybridized carbons (Fsp3) is 0.900. The van der Waals surface area contributed by atoms with Crippen LogP contribution >= 0.6 is 0 Å². The van der Waals surface area contributed by atoms with Gasteiger partial charge in [-0.15, -0.1) is 0 Å². The Morgan fingerprint density at radius 1 is 0.870 bits per heavy atom. The summed E-state index contributed by atoms with van der Waals surface area (Å²) >= 11 is 0. The normalized spacial score (nSPS) is 31.6. The molecule has 2 aliphatic carbocycles. The highest BCUT2D eigenvalue weighted by molar-refractivity contribution is 4.82. The highest BCUT2D eigenvalue weighted by Gasteiger charge is 2.30. The van der Waals surface area contributed by atoms with Crippen molar-refractivity contribution in [2.45, 2.75) is 84.0 Å². The molecule has 0 aliphatic heterocycles. The van der Waals surface area contributed by atoms with Gasteiger partial charge in [-0.1, -0.05) is 45.4 Å². The molecular formula is C20H34F2O. The molecule has 1 nitrogen and oxygen atoms in total. The van der Waals surface area contributed by atoms with Crippen LogP contribution in [-0.4, -0.2) is 6.61 Å². The van der Waals surface area contributed by atoms with Gasteiger partial charge in [0.05, 0.1) is 6.61 Å². The van der Waals surface area contributed by atoms with Crippen LogP contribution in [0.4, 0.5) is 8.78 Å². The Kier molecular flexibility index (Phi) is 8.39. The summed E-state index contributed by atoms with van der Waals surface area (Å²) in [6.45, 7) is 2.75. The lowest BCUT2D eigenvalue weighted by Crippen LogP contribution is -2.27. The lowest BCUT2D eigenvalue weighted by molar-refractivity contribution is 0.104. The van der Waals surface area contributed by atoms with Crippen molar-refractivity contribution < 1.29 is 13.5 Å². The van der Waals surface area contributed by atoms with Crippen molar-refractivity contribution >= 4 is 0 Å². The number of hydrogen-bond donors (Lipinski definition) is 0. The van der Waals surface area contributed by atoms with Gasteiger partial charge in [0.25, 0.3) is 0 Å². The number of rotatable bonds is 8. The van der Waals surface area contributed by atoms with E-state index in [1.165, 1.54) is 64.2 Å². The van der Waals surface area contributed by atoms with Crippen LogP contribution < -0.4 is 0 Å². The van der Waals surface area contributed by atoms with Gasteiger partial charge < -0.3 is 4.74 Å². The number of hydrogen-bond acceptors (Lipinski definition) is 1. The quantitative estimate of drug-likeness (QED) is 0.346. The van der Waals surface area contributed by atoms with E-state index in [1.807, 2.05) is 0 Å². The van der Waals surface area contributed by atoms with Gasteiger partial charge in [0.1, 0.15) is 6.26 Å². The number of unbranched alkanes of at least 4 members (excludes halogenated alkanes) is 2. The van der Waals surface area contributed by atoms with Crippen LogP contribution in [0.1, 0.15) is 84.0 Å². The van der Waals surface area contributed by atoms with Gasteiger partial charge in [-0.2, -0.15) is 8.78 Å². The van der Waals surface area contributed by atoms with E-state index in [-0.39, 0.29) is 0 Å². The Morgan fingerprint density at radius 3 is 1.96 bits per heavy atom. The summed E-state index contributed by atoms with van der Waals surface area (Å²) in [6.07, 6.45) is 15.1. The molecule has 0 bridgehead atoms. The van der Waals surface area contributed by atoms with Gasteiger partial charge in [0, 0.05) is 0 Å². The molecule has 0 heterocycles. The third-order valence-electron chi connectivity index (χ3n) is 6.17. The molecule has 0 aromatic carbocycles. The summed E-state index contributed by atoms with van der Waals surface area (Å²) in [5.74, 6) is 3.29. The van der Waals surface area contributed by atoms with E-state index in [9.17, 15) is 8.78 Å². The van der Waals surface area contributed by atoms with Crippen molar-refractivity contribution in [2.24, 2.45) is 23.7 Å². The zero-order valence-corrected chi connectivity index (χ0v) is 14.7. The van der Waals surface area contributed by atoms with E-state index in [1.54, 1.807) is 0 Å². The van der Waals surface area contributed by atoms with Crippen LogP contribution in [0.3, 0.4) is 0 Å².